The maximum atomic E-state index is 12.9. The Morgan fingerprint density at radius 1 is 1.23 bits per heavy atom. The van der Waals surface area contributed by atoms with Gasteiger partial charge >= 0.3 is 5.97 Å². The molecule has 0 aliphatic carbocycles. The fourth-order valence-electron chi connectivity index (χ4n) is 4.54. The second-order valence-corrected chi connectivity index (χ2v) is 9.99. The highest BCUT2D eigenvalue weighted by Gasteiger charge is 2.34. The molecule has 2 aromatic rings. The van der Waals surface area contributed by atoms with Gasteiger partial charge in [-0.3, -0.25) is 9.69 Å². The van der Waals surface area contributed by atoms with Gasteiger partial charge in [0.2, 0.25) is 5.91 Å². The fraction of sp³-hybridized carbons (Fsp3) is 0.519. The summed E-state index contributed by atoms with van der Waals surface area (Å²) in [6, 6.07) is 12.7. The van der Waals surface area contributed by atoms with Gasteiger partial charge in [-0.05, 0) is 50.3 Å². The van der Waals surface area contributed by atoms with Crippen molar-refractivity contribution in [2.75, 3.05) is 38.1 Å². The lowest BCUT2D eigenvalue weighted by Crippen LogP contribution is -2.54. The summed E-state index contributed by atoms with van der Waals surface area (Å²) in [4.78, 5) is 31.5. The summed E-state index contributed by atoms with van der Waals surface area (Å²) in [5.41, 5.74) is 2.36. The number of hydrogen-bond donors (Lipinski definition) is 3. The van der Waals surface area contributed by atoms with E-state index < -0.39 is 17.4 Å². The van der Waals surface area contributed by atoms with Gasteiger partial charge < -0.3 is 20.5 Å². The molecule has 1 aromatic carbocycles. The molecule has 1 amide bonds. The Morgan fingerprint density at radius 3 is 2.74 bits per heavy atom. The molecule has 35 heavy (non-hydrogen) atoms. The molecule has 1 saturated heterocycles. The minimum Gasteiger partial charge on any atom is -0.480 e. The van der Waals surface area contributed by atoms with Crippen molar-refractivity contribution in [3.05, 3.63) is 59.3 Å². The number of benzene rings is 1. The van der Waals surface area contributed by atoms with E-state index >= 15 is 0 Å². The lowest BCUT2D eigenvalue weighted by Gasteiger charge is -2.39. The summed E-state index contributed by atoms with van der Waals surface area (Å²) >= 11 is 0. The van der Waals surface area contributed by atoms with Crippen LogP contribution in [0.4, 0.5) is 5.82 Å². The Balaban J connectivity index is 1.16. The van der Waals surface area contributed by atoms with Crippen LogP contribution < -0.4 is 10.6 Å². The SMILES string of the molecule is CC(C)(C(=O)N[C@@H](CCN1CC(OCCc2ccc3c(n2)NCCC3)C1)C(=O)O)c1ccccc1. The van der Waals surface area contributed by atoms with Gasteiger partial charge in [-0.1, -0.05) is 36.4 Å². The standard InChI is InChI=1S/C27H36N4O4/c1-27(2,20-8-4-3-5-9-20)26(34)30-23(25(32)33)12-15-31-17-22(18-31)35-16-13-21-11-10-19-7-6-14-28-24(19)29-21/h3-5,8-11,22-23H,6-7,12-18H2,1-2H3,(H,28,29)(H,30,34)(H,32,33)/t23-/m0/s1. The molecule has 8 nitrogen and oxygen atoms in total. The van der Waals surface area contributed by atoms with Crippen LogP contribution in [0, 0.1) is 0 Å². The Kier molecular flexibility index (Phi) is 8.03. The summed E-state index contributed by atoms with van der Waals surface area (Å²) in [5, 5.41) is 15.7. The monoisotopic (exact) mass is 480 g/mol. The number of aryl methyl sites for hydroxylation is 1. The second kappa shape index (κ2) is 11.2. The number of aliphatic carboxylic acids is 1. The number of carbonyl (C=O) groups excluding carboxylic acids is 1. The number of fused-ring (bicyclic) bond motifs is 1. The summed E-state index contributed by atoms with van der Waals surface area (Å²) < 4.78 is 5.98. The van der Waals surface area contributed by atoms with E-state index in [1.807, 2.05) is 44.2 Å². The normalized spacial score (nSPS) is 17.1. The number of likely N-dealkylation sites (tertiary alicyclic amines) is 1. The maximum Gasteiger partial charge on any atom is 0.326 e. The molecule has 0 spiro atoms. The molecule has 8 heteroatoms. The summed E-state index contributed by atoms with van der Waals surface area (Å²) in [6.45, 7) is 7.36. The molecule has 1 aromatic heterocycles. The average molecular weight is 481 g/mol. The Labute approximate surface area is 207 Å². The molecule has 3 heterocycles. The summed E-state index contributed by atoms with van der Waals surface area (Å²) in [6.07, 6.45) is 3.52. The van der Waals surface area contributed by atoms with Crippen molar-refractivity contribution in [1.82, 2.24) is 15.2 Å². The van der Waals surface area contributed by atoms with Crippen molar-refractivity contribution < 1.29 is 19.4 Å². The predicted octanol–water partition coefficient (Wildman–Crippen LogP) is 2.62. The zero-order chi connectivity index (χ0) is 24.8. The van der Waals surface area contributed by atoms with Crippen LogP contribution in [0.25, 0.3) is 0 Å². The first-order chi connectivity index (χ1) is 16.8. The first-order valence-corrected chi connectivity index (χ1v) is 12.5. The molecular formula is C27H36N4O4. The Morgan fingerprint density at radius 2 is 2.00 bits per heavy atom. The zero-order valence-electron chi connectivity index (χ0n) is 20.6. The molecular weight excluding hydrogens is 444 g/mol. The number of aromatic nitrogens is 1. The van der Waals surface area contributed by atoms with Crippen molar-refractivity contribution in [2.24, 2.45) is 0 Å². The minimum absolute atomic E-state index is 0.153. The third kappa shape index (κ3) is 6.38. The first kappa shape index (κ1) is 25.1. The predicted molar refractivity (Wildman–Crippen MR) is 135 cm³/mol. The lowest BCUT2D eigenvalue weighted by molar-refractivity contribution is -0.143. The number of hydrogen-bond acceptors (Lipinski definition) is 6. The van der Waals surface area contributed by atoms with Crippen LogP contribution >= 0.6 is 0 Å². The van der Waals surface area contributed by atoms with Crippen LogP contribution in [0.15, 0.2) is 42.5 Å². The van der Waals surface area contributed by atoms with Gasteiger partial charge in [0.05, 0.1) is 18.1 Å². The van der Waals surface area contributed by atoms with Crippen LogP contribution in [-0.4, -0.2) is 71.8 Å². The average Bonchev–Trinajstić information content (AvgIpc) is 2.84. The number of carboxylic acid groups (broad SMARTS) is 1. The number of nitrogens with zero attached hydrogens (tertiary/aromatic N) is 2. The molecule has 1 fully saturated rings. The van der Waals surface area contributed by atoms with Gasteiger partial charge in [-0.2, -0.15) is 0 Å². The van der Waals surface area contributed by atoms with E-state index in [1.165, 1.54) is 5.56 Å². The molecule has 4 rings (SSSR count). The first-order valence-electron chi connectivity index (χ1n) is 12.5. The number of carboxylic acids is 1. The molecule has 2 aliphatic heterocycles. The smallest absolute Gasteiger partial charge is 0.326 e. The zero-order valence-corrected chi connectivity index (χ0v) is 20.6. The quantitative estimate of drug-likeness (QED) is 0.454. The van der Waals surface area contributed by atoms with Crippen LogP contribution in [0.3, 0.4) is 0 Å². The highest BCUT2D eigenvalue weighted by molar-refractivity contribution is 5.90. The summed E-state index contributed by atoms with van der Waals surface area (Å²) in [7, 11) is 0. The third-order valence-electron chi connectivity index (χ3n) is 6.99. The number of amides is 1. The van der Waals surface area contributed by atoms with Crippen molar-refractivity contribution >= 4 is 17.7 Å². The van der Waals surface area contributed by atoms with E-state index in [-0.39, 0.29) is 12.0 Å². The van der Waals surface area contributed by atoms with Gasteiger partial charge in [-0.15, -0.1) is 0 Å². The van der Waals surface area contributed by atoms with Gasteiger partial charge in [0.25, 0.3) is 0 Å². The van der Waals surface area contributed by atoms with Gasteiger partial charge in [-0.25, -0.2) is 9.78 Å². The van der Waals surface area contributed by atoms with E-state index in [4.69, 9.17) is 9.72 Å². The highest BCUT2D eigenvalue weighted by atomic mass is 16.5. The molecule has 0 unspecified atom stereocenters. The van der Waals surface area contributed by atoms with E-state index in [0.717, 1.165) is 56.0 Å². The second-order valence-electron chi connectivity index (χ2n) is 9.99. The van der Waals surface area contributed by atoms with Crippen molar-refractivity contribution in [3.8, 4) is 0 Å². The van der Waals surface area contributed by atoms with E-state index in [0.29, 0.717) is 19.6 Å². The number of carbonyl (C=O) groups is 2. The van der Waals surface area contributed by atoms with E-state index in [1.54, 1.807) is 0 Å². The van der Waals surface area contributed by atoms with Crippen molar-refractivity contribution in [1.29, 1.82) is 0 Å². The minimum atomic E-state index is -1.01. The molecule has 188 valence electrons. The van der Waals surface area contributed by atoms with E-state index in [9.17, 15) is 14.7 Å². The van der Waals surface area contributed by atoms with Crippen LogP contribution in [0.2, 0.25) is 0 Å². The summed E-state index contributed by atoms with van der Waals surface area (Å²) in [5.74, 6) is -0.287. The molecule has 3 N–H and O–H groups in total. The topological polar surface area (TPSA) is 104 Å². The number of ether oxygens (including phenoxy) is 1. The van der Waals surface area contributed by atoms with Crippen molar-refractivity contribution in [2.45, 2.75) is 57.1 Å². The molecule has 2 aliphatic rings. The fourth-order valence-corrected chi connectivity index (χ4v) is 4.54. The van der Waals surface area contributed by atoms with Gasteiger partial charge in [0, 0.05) is 38.3 Å². The van der Waals surface area contributed by atoms with Crippen molar-refractivity contribution in [3.63, 3.8) is 0 Å². The Hall–Kier alpha value is -2.97. The number of rotatable bonds is 11. The largest absolute Gasteiger partial charge is 0.480 e. The van der Waals surface area contributed by atoms with E-state index in [2.05, 4.69) is 27.7 Å². The van der Waals surface area contributed by atoms with Crippen LogP contribution in [0.5, 0.6) is 0 Å². The number of pyridine rings is 1. The number of nitrogens with one attached hydrogen (secondary N) is 2. The molecule has 0 radical (unpaired) electrons. The highest BCUT2D eigenvalue weighted by Crippen LogP contribution is 2.24. The molecule has 0 bridgehead atoms. The molecule has 1 atom stereocenters. The molecule has 0 saturated carbocycles. The van der Waals surface area contributed by atoms with Gasteiger partial charge in [0.1, 0.15) is 11.9 Å². The Bertz CT molecular complexity index is 1020. The van der Waals surface area contributed by atoms with Crippen LogP contribution in [0.1, 0.15) is 43.5 Å². The third-order valence-corrected chi connectivity index (χ3v) is 6.99. The lowest BCUT2D eigenvalue weighted by atomic mass is 9.83. The van der Waals surface area contributed by atoms with Gasteiger partial charge in [0.15, 0.2) is 0 Å². The number of anilines is 1. The van der Waals surface area contributed by atoms with Crippen LogP contribution in [-0.2, 0) is 32.6 Å². The maximum absolute atomic E-state index is 12.9.